The fraction of sp³-hybridized carbons (Fsp3) is 0.182. The molecule has 0 saturated carbocycles. The summed E-state index contributed by atoms with van der Waals surface area (Å²) in [6.07, 6.45) is 0. The Hall–Kier alpha value is -3.30. The number of nitrogens with zero attached hydrogens (tertiary/aromatic N) is 2. The van der Waals surface area contributed by atoms with Crippen molar-refractivity contribution in [3.05, 3.63) is 96.9 Å². The molecule has 5 nitrogen and oxygen atoms in total. The Morgan fingerprint density at radius 2 is 2.00 bits per heavy atom. The van der Waals surface area contributed by atoms with Crippen molar-refractivity contribution in [3.63, 3.8) is 0 Å². The monoisotopic (exact) mass is 389 g/mol. The molecule has 0 radical (unpaired) electrons. The van der Waals surface area contributed by atoms with Gasteiger partial charge in [0.2, 0.25) is 5.88 Å². The second-order valence-electron chi connectivity index (χ2n) is 6.88. The van der Waals surface area contributed by atoms with Crippen molar-refractivity contribution in [1.29, 1.82) is 5.26 Å². The molecule has 1 aliphatic heterocycles. The van der Waals surface area contributed by atoms with Gasteiger partial charge in [-0.15, -0.1) is 11.3 Å². The van der Waals surface area contributed by atoms with Gasteiger partial charge in [-0.1, -0.05) is 35.9 Å². The number of ether oxygens (including phenoxy) is 1. The molecule has 2 N–H and O–H groups in total. The van der Waals surface area contributed by atoms with E-state index < -0.39 is 5.92 Å². The third kappa shape index (κ3) is 3.00. The second-order valence-corrected chi connectivity index (χ2v) is 7.86. The van der Waals surface area contributed by atoms with Crippen LogP contribution in [0.15, 0.2) is 64.1 Å². The van der Waals surface area contributed by atoms with E-state index in [0.717, 1.165) is 16.1 Å². The SMILES string of the molecule is Cc1ccc(Cn2c(C)cc3c(c2=O)[C@@H](c2cccs2)C(C#N)=C(N)O3)cc1. The number of fused-ring (bicyclic) bond motifs is 1. The number of aromatic nitrogens is 1. The minimum Gasteiger partial charge on any atom is -0.440 e. The molecule has 3 aromatic rings. The van der Waals surface area contributed by atoms with Crippen LogP contribution in [0.2, 0.25) is 0 Å². The quantitative estimate of drug-likeness (QED) is 0.739. The molecule has 0 amide bonds. The summed E-state index contributed by atoms with van der Waals surface area (Å²) >= 11 is 1.49. The van der Waals surface area contributed by atoms with E-state index in [2.05, 4.69) is 6.07 Å². The third-order valence-electron chi connectivity index (χ3n) is 4.98. The van der Waals surface area contributed by atoms with Crippen molar-refractivity contribution >= 4 is 11.3 Å². The molecule has 0 fully saturated rings. The van der Waals surface area contributed by atoms with Gasteiger partial charge in [0.15, 0.2) is 0 Å². The van der Waals surface area contributed by atoms with Crippen molar-refractivity contribution in [2.45, 2.75) is 26.3 Å². The van der Waals surface area contributed by atoms with E-state index in [1.165, 1.54) is 16.9 Å². The summed E-state index contributed by atoms with van der Waals surface area (Å²) in [5.74, 6) is -0.0211. The molecule has 1 aromatic carbocycles. The molecule has 3 heterocycles. The number of nitrogens with two attached hydrogens (primary N) is 1. The molecular weight excluding hydrogens is 370 g/mol. The summed E-state index contributed by atoms with van der Waals surface area (Å²) in [4.78, 5) is 14.4. The fourth-order valence-corrected chi connectivity index (χ4v) is 4.34. The zero-order valence-corrected chi connectivity index (χ0v) is 16.4. The predicted molar refractivity (Wildman–Crippen MR) is 109 cm³/mol. The molecule has 0 unspecified atom stereocenters. The van der Waals surface area contributed by atoms with Gasteiger partial charge in [-0.05, 0) is 30.9 Å². The molecule has 4 rings (SSSR count). The van der Waals surface area contributed by atoms with Crippen LogP contribution in [0.4, 0.5) is 0 Å². The van der Waals surface area contributed by atoms with Gasteiger partial charge in [0.25, 0.3) is 5.56 Å². The number of thiophene rings is 1. The largest absolute Gasteiger partial charge is 0.440 e. The van der Waals surface area contributed by atoms with Gasteiger partial charge >= 0.3 is 0 Å². The minimum absolute atomic E-state index is 0.0588. The molecule has 1 aliphatic rings. The maximum absolute atomic E-state index is 13.5. The van der Waals surface area contributed by atoms with Crippen LogP contribution in [0.5, 0.6) is 5.75 Å². The first-order chi connectivity index (χ1) is 13.5. The first kappa shape index (κ1) is 18.1. The minimum atomic E-state index is -0.508. The molecule has 0 saturated heterocycles. The van der Waals surface area contributed by atoms with Crippen molar-refractivity contribution in [3.8, 4) is 11.8 Å². The van der Waals surface area contributed by atoms with Crippen LogP contribution in [-0.2, 0) is 6.54 Å². The lowest BCUT2D eigenvalue weighted by Crippen LogP contribution is -2.32. The molecule has 0 spiro atoms. The second kappa shape index (κ2) is 7.02. The Morgan fingerprint density at radius 1 is 1.25 bits per heavy atom. The summed E-state index contributed by atoms with van der Waals surface area (Å²) in [5.41, 5.74) is 9.58. The van der Waals surface area contributed by atoms with Crippen molar-refractivity contribution < 1.29 is 4.74 Å². The topological polar surface area (TPSA) is 81.0 Å². The van der Waals surface area contributed by atoms with Gasteiger partial charge in [-0.2, -0.15) is 5.26 Å². The molecule has 0 bridgehead atoms. The molecular formula is C22H19N3O2S. The number of pyridine rings is 1. The van der Waals surface area contributed by atoms with E-state index in [-0.39, 0.29) is 17.0 Å². The van der Waals surface area contributed by atoms with E-state index in [1.807, 2.05) is 61.7 Å². The van der Waals surface area contributed by atoms with Crippen LogP contribution in [0.1, 0.15) is 33.2 Å². The van der Waals surface area contributed by atoms with E-state index in [0.29, 0.717) is 17.9 Å². The lowest BCUT2D eigenvalue weighted by molar-refractivity contribution is 0.389. The predicted octanol–water partition coefficient (Wildman–Crippen LogP) is 3.79. The van der Waals surface area contributed by atoms with Crippen LogP contribution < -0.4 is 16.0 Å². The standard InChI is InChI=1S/C22H19N3O2S/c1-13-5-7-15(8-6-13)12-25-14(2)10-17-20(22(25)26)19(18-4-3-9-28-18)16(11-23)21(24)27-17/h3-10,19H,12,24H2,1-2H3/t19-/m1/s1. The number of benzene rings is 1. The maximum atomic E-state index is 13.5. The highest BCUT2D eigenvalue weighted by Crippen LogP contribution is 2.41. The summed E-state index contributed by atoms with van der Waals surface area (Å²) in [7, 11) is 0. The highest BCUT2D eigenvalue weighted by molar-refractivity contribution is 7.10. The average molecular weight is 389 g/mol. The van der Waals surface area contributed by atoms with Crippen molar-refractivity contribution in [1.82, 2.24) is 4.57 Å². The summed E-state index contributed by atoms with van der Waals surface area (Å²) in [5, 5.41) is 11.6. The van der Waals surface area contributed by atoms with E-state index in [9.17, 15) is 10.1 Å². The number of aryl methyl sites for hydroxylation is 2. The lowest BCUT2D eigenvalue weighted by Gasteiger charge is -2.26. The molecule has 0 aliphatic carbocycles. The van der Waals surface area contributed by atoms with Crippen LogP contribution in [-0.4, -0.2) is 4.57 Å². The number of allylic oxidation sites excluding steroid dienone is 1. The van der Waals surface area contributed by atoms with Gasteiger partial charge in [0.05, 0.1) is 18.0 Å². The molecule has 28 heavy (non-hydrogen) atoms. The van der Waals surface area contributed by atoms with Gasteiger partial charge in [0.1, 0.15) is 17.4 Å². The highest BCUT2D eigenvalue weighted by Gasteiger charge is 2.34. The summed E-state index contributed by atoms with van der Waals surface area (Å²) in [6.45, 7) is 4.36. The Kier molecular flexibility index (Phi) is 4.54. The normalized spacial score (nSPS) is 15.7. The lowest BCUT2D eigenvalue weighted by atomic mass is 9.88. The van der Waals surface area contributed by atoms with E-state index in [4.69, 9.17) is 10.5 Å². The molecule has 6 heteroatoms. The summed E-state index contributed by atoms with van der Waals surface area (Å²) in [6, 6.07) is 15.9. The zero-order valence-electron chi connectivity index (χ0n) is 15.6. The van der Waals surface area contributed by atoms with E-state index >= 15 is 0 Å². The maximum Gasteiger partial charge on any atom is 0.259 e. The van der Waals surface area contributed by atoms with Crippen molar-refractivity contribution in [2.24, 2.45) is 5.73 Å². The summed E-state index contributed by atoms with van der Waals surface area (Å²) < 4.78 is 7.40. The van der Waals surface area contributed by atoms with Gasteiger partial charge in [0, 0.05) is 16.6 Å². The highest BCUT2D eigenvalue weighted by atomic mass is 32.1. The van der Waals surface area contributed by atoms with Gasteiger partial charge < -0.3 is 15.0 Å². The molecule has 2 aromatic heterocycles. The molecule has 1 atom stereocenters. The number of rotatable bonds is 3. The molecule has 140 valence electrons. The van der Waals surface area contributed by atoms with Gasteiger partial charge in [-0.3, -0.25) is 4.79 Å². The fourth-order valence-electron chi connectivity index (χ4n) is 3.50. The average Bonchev–Trinajstić information content (AvgIpc) is 3.20. The number of hydrogen-bond donors (Lipinski definition) is 1. The zero-order chi connectivity index (χ0) is 19.8. The third-order valence-corrected chi connectivity index (χ3v) is 5.92. The Bertz CT molecular complexity index is 1170. The smallest absolute Gasteiger partial charge is 0.259 e. The van der Waals surface area contributed by atoms with Gasteiger partial charge in [-0.25, -0.2) is 0 Å². The Balaban J connectivity index is 1.89. The Labute approximate surface area is 166 Å². The van der Waals surface area contributed by atoms with Crippen LogP contribution in [0.25, 0.3) is 0 Å². The first-order valence-corrected chi connectivity index (χ1v) is 9.78. The van der Waals surface area contributed by atoms with Crippen LogP contribution in [0.3, 0.4) is 0 Å². The van der Waals surface area contributed by atoms with Crippen LogP contribution in [0, 0.1) is 25.2 Å². The number of nitriles is 1. The van der Waals surface area contributed by atoms with E-state index in [1.54, 1.807) is 4.57 Å². The van der Waals surface area contributed by atoms with Crippen LogP contribution >= 0.6 is 11.3 Å². The Morgan fingerprint density at radius 3 is 2.64 bits per heavy atom. The first-order valence-electron chi connectivity index (χ1n) is 8.90. The van der Waals surface area contributed by atoms with Crippen molar-refractivity contribution in [2.75, 3.05) is 0 Å². The number of hydrogen-bond acceptors (Lipinski definition) is 5.